The second-order valence-electron chi connectivity index (χ2n) is 7.57. The molecule has 34 heavy (non-hydrogen) atoms. The van der Waals surface area contributed by atoms with Gasteiger partial charge in [0.2, 0.25) is 0 Å². The van der Waals surface area contributed by atoms with Crippen LogP contribution >= 0.6 is 23.4 Å². The van der Waals surface area contributed by atoms with Gasteiger partial charge in [0.05, 0.1) is 18.0 Å². The molecule has 7 nitrogen and oxygen atoms in total. The minimum atomic E-state index is -0.571. The number of hydrazone groups is 1. The molecular formula is C25H19ClN4O3S. The Morgan fingerprint density at radius 3 is 2.59 bits per heavy atom. The summed E-state index contributed by atoms with van der Waals surface area (Å²) < 4.78 is 4.79. The number of carbonyl (C=O) groups is 2. The number of methoxy groups -OCH3 is 1. The molecule has 0 bridgehead atoms. The lowest BCUT2D eigenvalue weighted by Gasteiger charge is -2.34. The minimum absolute atomic E-state index is 0.254. The van der Waals surface area contributed by atoms with E-state index in [2.05, 4.69) is 5.32 Å². The number of thioether (sulfide) groups is 1. The molecule has 5 rings (SSSR count). The molecule has 1 amide bonds. The highest BCUT2D eigenvalue weighted by Crippen LogP contribution is 2.31. The largest absolute Gasteiger partial charge is 0.465 e. The molecule has 2 aliphatic rings. The molecule has 9 heteroatoms. The third-order valence-electron chi connectivity index (χ3n) is 5.47. The van der Waals surface area contributed by atoms with Crippen molar-refractivity contribution < 1.29 is 14.3 Å². The van der Waals surface area contributed by atoms with Gasteiger partial charge in [-0.1, -0.05) is 71.9 Å². The lowest BCUT2D eigenvalue weighted by Crippen LogP contribution is -2.50. The average Bonchev–Trinajstić information content (AvgIpc) is 2.87. The van der Waals surface area contributed by atoms with Crippen molar-refractivity contribution in [2.24, 2.45) is 10.1 Å². The number of nitrogens with zero attached hydrogens (tertiary/aromatic N) is 3. The number of ether oxygens (including phenoxy) is 1. The van der Waals surface area contributed by atoms with Gasteiger partial charge in [0, 0.05) is 16.0 Å². The van der Waals surface area contributed by atoms with E-state index >= 15 is 0 Å². The minimum Gasteiger partial charge on any atom is -0.465 e. The first-order chi connectivity index (χ1) is 16.5. The molecule has 2 heterocycles. The maximum Gasteiger partial charge on any atom is 0.337 e. The molecule has 1 unspecified atom stereocenters. The molecule has 1 N–H and O–H groups in total. The molecule has 0 saturated heterocycles. The third-order valence-corrected chi connectivity index (χ3v) is 6.75. The van der Waals surface area contributed by atoms with Gasteiger partial charge >= 0.3 is 5.97 Å². The maximum atomic E-state index is 13.2. The van der Waals surface area contributed by atoms with Crippen LogP contribution < -0.4 is 15.9 Å². The number of esters is 1. The number of nitrogens with one attached hydrogen (secondary N) is 1. The Kier molecular flexibility index (Phi) is 6.08. The van der Waals surface area contributed by atoms with E-state index in [1.165, 1.54) is 18.9 Å². The summed E-state index contributed by atoms with van der Waals surface area (Å²) in [6.07, 6.45) is -0.571. The highest BCUT2D eigenvalue weighted by molar-refractivity contribution is 8.13. The third kappa shape index (κ3) is 4.18. The number of benzene rings is 3. The zero-order valence-corrected chi connectivity index (χ0v) is 19.6. The van der Waals surface area contributed by atoms with Gasteiger partial charge in [0.1, 0.15) is 5.70 Å². The van der Waals surface area contributed by atoms with E-state index < -0.39 is 12.1 Å². The molecule has 1 atom stereocenters. The number of rotatable bonds is 4. The summed E-state index contributed by atoms with van der Waals surface area (Å²) in [7, 11) is 1.34. The van der Waals surface area contributed by atoms with Crippen LogP contribution in [0.25, 0.3) is 5.70 Å². The van der Waals surface area contributed by atoms with Crippen LogP contribution in [-0.4, -0.2) is 29.2 Å². The van der Waals surface area contributed by atoms with Crippen molar-refractivity contribution in [1.82, 2.24) is 10.3 Å². The number of amidine groups is 1. The second kappa shape index (κ2) is 9.32. The fourth-order valence-corrected chi connectivity index (χ4v) is 4.92. The van der Waals surface area contributed by atoms with Gasteiger partial charge in [-0.05, 0) is 35.4 Å². The molecule has 0 aliphatic carbocycles. The molecule has 170 valence electrons. The van der Waals surface area contributed by atoms with Crippen molar-refractivity contribution in [1.29, 1.82) is 0 Å². The van der Waals surface area contributed by atoms with Crippen LogP contribution in [0.15, 0.2) is 82.9 Å². The number of fused-ring (bicyclic) bond motifs is 2. The molecule has 0 fully saturated rings. The van der Waals surface area contributed by atoms with Crippen LogP contribution in [-0.2, 0) is 15.3 Å². The Hall–Kier alpha value is -3.62. The van der Waals surface area contributed by atoms with Crippen LogP contribution in [0.5, 0.6) is 0 Å². The van der Waals surface area contributed by atoms with Crippen LogP contribution in [0.2, 0.25) is 5.02 Å². The van der Waals surface area contributed by atoms with Crippen molar-refractivity contribution in [2.45, 2.75) is 11.9 Å². The van der Waals surface area contributed by atoms with Gasteiger partial charge in [-0.3, -0.25) is 15.1 Å². The van der Waals surface area contributed by atoms with E-state index in [4.69, 9.17) is 26.4 Å². The molecular weight excluding hydrogens is 472 g/mol. The Morgan fingerprint density at radius 1 is 1.09 bits per heavy atom. The van der Waals surface area contributed by atoms with Crippen LogP contribution in [0.1, 0.15) is 27.7 Å². The molecule has 3 aromatic rings. The summed E-state index contributed by atoms with van der Waals surface area (Å²) in [5.41, 5.74) is 2.59. The first-order valence-corrected chi connectivity index (χ1v) is 11.8. The zero-order chi connectivity index (χ0) is 23.7. The Bertz CT molecular complexity index is 1440. The van der Waals surface area contributed by atoms with Gasteiger partial charge in [-0.25, -0.2) is 9.80 Å². The summed E-state index contributed by atoms with van der Waals surface area (Å²) in [4.78, 5) is 29.9. The molecule has 0 spiro atoms. The van der Waals surface area contributed by atoms with E-state index in [1.807, 2.05) is 48.5 Å². The van der Waals surface area contributed by atoms with Gasteiger partial charge in [-0.2, -0.15) is 0 Å². The highest BCUT2D eigenvalue weighted by Gasteiger charge is 2.34. The highest BCUT2D eigenvalue weighted by atomic mass is 35.5. The van der Waals surface area contributed by atoms with Gasteiger partial charge in [-0.15, -0.1) is 5.10 Å². The molecule has 0 aromatic heterocycles. The van der Waals surface area contributed by atoms with Crippen molar-refractivity contribution in [3.8, 4) is 0 Å². The molecule has 0 saturated carbocycles. The van der Waals surface area contributed by atoms with Crippen molar-refractivity contribution in [3.63, 3.8) is 0 Å². The average molecular weight is 491 g/mol. The van der Waals surface area contributed by atoms with E-state index in [-0.39, 0.29) is 5.91 Å². The van der Waals surface area contributed by atoms with E-state index in [0.29, 0.717) is 37.8 Å². The number of amides is 1. The SMILES string of the molecule is COC(=O)c1ccc(C2N=c3ccccc3=C3C(=O)NC(SCc4ccccc4Cl)=NN32)cc1. The summed E-state index contributed by atoms with van der Waals surface area (Å²) in [6.45, 7) is 0. The van der Waals surface area contributed by atoms with Crippen molar-refractivity contribution >= 4 is 46.1 Å². The van der Waals surface area contributed by atoms with Crippen molar-refractivity contribution in [2.75, 3.05) is 7.11 Å². The summed E-state index contributed by atoms with van der Waals surface area (Å²) in [5.74, 6) is -0.123. The smallest absolute Gasteiger partial charge is 0.337 e. The van der Waals surface area contributed by atoms with Gasteiger partial charge in [0.25, 0.3) is 5.91 Å². The zero-order valence-electron chi connectivity index (χ0n) is 18.1. The van der Waals surface area contributed by atoms with Crippen LogP contribution in [0, 0.1) is 0 Å². The normalized spacial score (nSPS) is 16.6. The fourth-order valence-electron chi connectivity index (χ4n) is 3.78. The van der Waals surface area contributed by atoms with Crippen LogP contribution in [0.3, 0.4) is 0 Å². The maximum absolute atomic E-state index is 13.2. The predicted octanol–water partition coefficient (Wildman–Crippen LogP) is 3.20. The van der Waals surface area contributed by atoms with Crippen molar-refractivity contribution in [3.05, 3.63) is 105 Å². The number of hydrogen-bond donors (Lipinski definition) is 1. The fraction of sp³-hybridized carbons (Fsp3) is 0.120. The first kappa shape index (κ1) is 22.2. The van der Waals surface area contributed by atoms with Gasteiger partial charge < -0.3 is 4.74 Å². The Morgan fingerprint density at radius 2 is 1.82 bits per heavy atom. The van der Waals surface area contributed by atoms with Crippen LogP contribution in [0.4, 0.5) is 0 Å². The number of carbonyl (C=O) groups excluding carboxylic acids is 2. The second-order valence-corrected chi connectivity index (χ2v) is 8.94. The summed E-state index contributed by atoms with van der Waals surface area (Å²) in [5, 5.41) is 11.8. The number of hydrogen-bond acceptors (Lipinski definition) is 7. The summed E-state index contributed by atoms with van der Waals surface area (Å²) in [6, 6.07) is 22.0. The predicted molar refractivity (Wildman–Crippen MR) is 131 cm³/mol. The quantitative estimate of drug-likeness (QED) is 0.568. The molecule has 0 radical (unpaired) electrons. The van der Waals surface area contributed by atoms with E-state index in [1.54, 1.807) is 29.3 Å². The summed E-state index contributed by atoms with van der Waals surface area (Å²) >= 11 is 7.67. The van der Waals surface area contributed by atoms with E-state index in [9.17, 15) is 9.59 Å². The number of para-hydroxylation sites is 1. The topological polar surface area (TPSA) is 83.4 Å². The monoisotopic (exact) mass is 490 g/mol. The molecule has 3 aromatic carbocycles. The lowest BCUT2D eigenvalue weighted by molar-refractivity contribution is -0.116. The Labute approximate surface area is 204 Å². The number of halogens is 1. The molecule has 2 aliphatic heterocycles. The lowest BCUT2D eigenvalue weighted by atomic mass is 10.1. The van der Waals surface area contributed by atoms with Gasteiger partial charge in [0.15, 0.2) is 11.3 Å². The standard InChI is InChI=1S/C25H19ClN4O3S/c1-33-24(32)16-12-10-15(11-13-16)22-27-20-9-5-3-7-18(20)21-23(31)28-25(29-30(21)22)34-14-17-6-2-4-8-19(17)26/h2-13,22H,14H2,1H3,(H,28,29,31). The first-order valence-electron chi connectivity index (χ1n) is 10.5. The van der Waals surface area contributed by atoms with E-state index in [0.717, 1.165) is 11.1 Å². The Balaban J connectivity index is 1.54.